The average molecular weight is 316 g/mol. The van der Waals surface area contributed by atoms with Gasteiger partial charge in [0.25, 0.3) is 0 Å². The Bertz CT molecular complexity index is 729. The van der Waals surface area contributed by atoms with E-state index in [0.717, 1.165) is 11.4 Å². The number of benzene rings is 1. The maximum atomic E-state index is 5.83. The van der Waals surface area contributed by atoms with Gasteiger partial charge < -0.3 is 10.6 Å². The summed E-state index contributed by atoms with van der Waals surface area (Å²) >= 11 is 5.83. The molecule has 0 saturated heterocycles. The molecule has 2 N–H and O–H groups in total. The van der Waals surface area contributed by atoms with Gasteiger partial charge in [-0.25, -0.2) is 4.98 Å². The van der Waals surface area contributed by atoms with Gasteiger partial charge in [-0.15, -0.1) is 0 Å². The molecule has 3 aromatic rings. The van der Waals surface area contributed by atoms with Crippen LogP contribution in [0, 0.1) is 0 Å². The first-order valence-corrected chi connectivity index (χ1v) is 7.14. The molecule has 0 saturated carbocycles. The molecular formula is C14H14ClN7. The lowest BCUT2D eigenvalue weighted by Crippen LogP contribution is -2.16. The highest BCUT2D eigenvalue weighted by Crippen LogP contribution is 2.12. The highest BCUT2D eigenvalue weighted by Gasteiger charge is 2.06. The van der Waals surface area contributed by atoms with Crippen LogP contribution in [0.15, 0.2) is 48.7 Å². The van der Waals surface area contributed by atoms with Crippen LogP contribution in [0.5, 0.6) is 0 Å². The standard InChI is InChI=1S/C14H14ClN7/c15-13-10-11(6-7-17-13)16-8-9-18-14-19-20-21-22(14)12-4-2-1-3-5-12/h1-7,10H,8-9H2,(H,16,17)(H,18,19,21). The molecule has 3 rings (SSSR count). The zero-order valence-corrected chi connectivity index (χ0v) is 12.4. The smallest absolute Gasteiger partial charge is 0.247 e. The van der Waals surface area contributed by atoms with Gasteiger partial charge in [0.15, 0.2) is 0 Å². The second-order valence-electron chi connectivity index (χ2n) is 4.47. The number of hydrogen-bond acceptors (Lipinski definition) is 6. The zero-order chi connectivity index (χ0) is 15.2. The number of para-hydroxylation sites is 1. The molecule has 2 heterocycles. The van der Waals surface area contributed by atoms with E-state index in [1.807, 2.05) is 36.4 Å². The van der Waals surface area contributed by atoms with Gasteiger partial charge in [-0.1, -0.05) is 34.9 Å². The minimum atomic E-state index is 0.464. The topological polar surface area (TPSA) is 80.5 Å². The van der Waals surface area contributed by atoms with Crippen molar-refractivity contribution in [1.82, 2.24) is 25.2 Å². The monoisotopic (exact) mass is 315 g/mol. The molecule has 0 spiro atoms. The Morgan fingerprint density at radius 3 is 2.68 bits per heavy atom. The van der Waals surface area contributed by atoms with Crippen LogP contribution in [0.25, 0.3) is 5.69 Å². The van der Waals surface area contributed by atoms with Crippen LogP contribution in [0.4, 0.5) is 11.6 Å². The fourth-order valence-corrected chi connectivity index (χ4v) is 2.11. The normalized spacial score (nSPS) is 10.4. The fourth-order valence-electron chi connectivity index (χ4n) is 1.93. The van der Waals surface area contributed by atoms with E-state index in [2.05, 4.69) is 31.1 Å². The van der Waals surface area contributed by atoms with Crippen molar-refractivity contribution in [2.24, 2.45) is 0 Å². The second-order valence-corrected chi connectivity index (χ2v) is 4.86. The van der Waals surface area contributed by atoms with Crippen molar-refractivity contribution in [3.8, 4) is 5.69 Å². The van der Waals surface area contributed by atoms with Crippen LogP contribution < -0.4 is 10.6 Å². The number of halogens is 1. The molecule has 0 atom stereocenters. The quantitative estimate of drug-likeness (QED) is 0.536. The Morgan fingerprint density at radius 1 is 1.05 bits per heavy atom. The summed E-state index contributed by atoms with van der Waals surface area (Å²) in [5.74, 6) is 0.598. The minimum absolute atomic E-state index is 0.464. The van der Waals surface area contributed by atoms with Crippen molar-refractivity contribution in [1.29, 1.82) is 0 Å². The van der Waals surface area contributed by atoms with Gasteiger partial charge in [-0.05, 0) is 34.7 Å². The summed E-state index contributed by atoms with van der Waals surface area (Å²) in [4.78, 5) is 3.93. The number of tetrazole rings is 1. The van der Waals surface area contributed by atoms with Crippen molar-refractivity contribution in [3.63, 3.8) is 0 Å². The molecule has 0 amide bonds. The number of anilines is 2. The van der Waals surface area contributed by atoms with Crippen molar-refractivity contribution >= 4 is 23.2 Å². The minimum Gasteiger partial charge on any atom is -0.383 e. The van der Waals surface area contributed by atoms with Gasteiger partial charge in [0.05, 0.1) is 5.69 Å². The number of nitrogens with zero attached hydrogens (tertiary/aromatic N) is 5. The summed E-state index contributed by atoms with van der Waals surface area (Å²) in [5.41, 5.74) is 1.83. The Balaban J connectivity index is 1.56. The Hall–Kier alpha value is -2.67. The SMILES string of the molecule is Clc1cc(NCCNc2nnnn2-c2ccccc2)ccn1. The number of rotatable bonds is 6. The van der Waals surface area contributed by atoms with Gasteiger partial charge in [0.2, 0.25) is 5.95 Å². The lowest BCUT2D eigenvalue weighted by molar-refractivity contribution is 0.789. The molecular weight excluding hydrogens is 302 g/mol. The molecule has 0 radical (unpaired) electrons. The first-order valence-electron chi connectivity index (χ1n) is 6.76. The number of pyridine rings is 1. The third-order valence-corrected chi connectivity index (χ3v) is 3.14. The molecule has 0 bridgehead atoms. The van der Waals surface area contributed by atoms with Gasteiger partial charge in [0, 0.05) is 25.0 Å². The summed E-state index contributed by atoms with van der Waals surface area (Å²) < 4.78 is 1.66. The van der Waals surface area contributed by atoms with Crippen molar-refractivity contribution in [2.45, 2.75) is 0 Å². The van der Waals surface area contributed by atoms with Crippen LogP contribution in [-0.4, -0.2) is 38.3 Å². The summed E-state index contributed by atoms with van der Waals surface area (Å²) in [7, 11) is 0. The molecule has 0 aliphatic carbocycles. The largest absolute Gasteiger partial charge is 0.383 e. The van der Waals surface area contributed by atoms with E-state index in [9.17, 15) is 0 Å². The zero-order valence-electron chi connectivity index (χ0n) is 11.6. The second kappa shape index (κ2) is 6.86. The summed E-state index contributed by atoms with van der Waals surface area (Å²) in [5, 5.41) is 18.6. The van der Waals surface area contributed by atoms with Crippen LogP contribution in [-0.2, 0) is 0 Å². The molecule has 112 valence electrons. The molecule has 1 aromatic carbocycles. The maximum absolute atomic E-state index is 5.83. The predicted molar refractivity (Wildman–Crippen MR) is 85.4 cm³/mol. The van der Waals surface area contributed by atoms with Crippen LogP contribution >= 0.6 is 11.6 Å². The van der Waals surface area contributed by atoms with Gasteiger partial charge in [-0.2, -0.15) is 4.68 Å². The molecule has 0 aliphatic heterocycles. The Kier molecular flexibility index (Phi) is 4.45. The van der Waals surface area contributed by atoms with E-state index in [4.69, 9.17) is 11.6 Å². The first kappa shape index (κ1) is 14.3. The molecule has 0 aliphatic rings. The van der Waals surface area contributed by atoms with E-state index in [1.54, 1.807) is 16.9 Å². The van der Waals surface area contributed by atoms with Gasteiger partial charge in [0.1, 0.15) is 5.15 Å². The summed E-state index contributed by atoms with van der Waals surface area (Å²) in [6, 6.07) is 13.3. The molecule has 2 aromatic heterocycles. The van der Waals surface area contributed by atoms with Crippen LogP contribution in [0.3, 0.4) is 0 Å². The highest BCUT2D eigenvalue weighted by atomic mass is 35.5. The van der Waals surface area contributed by atoms with Crippen LogP contribution in [0.1, 0.15) is 0 Å². The van der Waals surface area contributed by atoms with E-state index in [-0.39, 0.29) is 0 Å². The van der Waals surface area contributed by atoms with E-state index >= 15 is 0 Å². The van der Waals surface area contributed by atoms with E-state index in [1.165, 1.54) is 0 Å². The van der Waals surface area contributed by atoms with Gasteiger partial charge in [-0.3, -0.25) is 0 Å². The Morgan fingerprint density at radius 2 is 1.86 bits per heavy atom. The lowest BCUT2D eigenvalue weighted by atomic mass is 10.3. The third-order valence-electron chi connectivity index (χ3n) is 2.93. The van der Waals surface area contributed by atoms with Crippen molar-refractivity contribution in [2.75, 3.05) is 23.7 Å². The van der Waals surface area contributed by atoms with E-state index < -0.39 is 0 Å². The number of nitrogens with one attached hydrogen (secondary N) is 2. The lowest BCUT2D eigenvalue weighted by Gasteiger charge is -2.09. The molecule has 8 heteroatoms. The average Bonchev–Trinajstić information content (AvgIpc) is 3.01. The maximum Gasteiger partial charge on any atom is 0.247 e. The molecule has 22 heavy (non-hydrogen) atoms. The molecule has 0 unspecified atom stereocenters. The fraction of sp³-hybridized carbons (Fsp3) is 0.143. The number of hydrogen-bond donors (Lipinski definition) is 2. The summed E-state index contributed by atoms with van der Waals surface area (Å²) in [6.07, 6.45) is 1.66. The van der Waals surface area contributed by atoms with Crippen molar-refractivity contribution in [3.05, 3.63) is 53.8 Å². The molecule has 0 fully saturated rings. The first-order chi connectivity index (χ1) is 10.8. The van der Waals surface area contributed by atoms with Gasteiger partial charge >= 0.3 is 0 Å². The predicted octanol–water partition coefficient (Wildman–Crippen LogP) is 2.23. The van der Waals surface area contributed by atoms with Crippen LogP contribution in [0.2, 0.25) is 5.15 Å². The highest BCUT2D eigenvalue weighted by molar-refractivity contribution is 6.29. The Labute approximate surface area is 132 Å². The third kappa shape index (κ3) is 3.50. The summed E-state index contributed by atoms with van der Waals surface area (Å²) in [6.45, 7) is 1.36. The van der Waals surface area contributed by atoms with Crippen molar-refractivity contribution < 1.29 is 0 Å². The molecule has 7 nitrogen and oxygen atoms in total. The van der Waals surface area contributed by atoms with E-state index in [0.29, 0.717) is 24.2 Å². The number of aromatic nitrogens is 5.